The molecule has 4 aromatic heterocycles. The quantitative estimate of drug-likeness (QED) is 0.169. The number of rotatable bonds is 6. The lowest BCUT2D eigenvalue weighted by Gasteiger charge is -2.26. The molecule has 4 heterocycles. The maximum atomic E-state index is 6.23. The van der Waals surface area contributed by atoms with Crippen LogP contribution in [0.3, 0.4) is 0 Å². The molecule has 0 saturated heterocycles. The molecule has 0 atom stereocenters. The van der Waals surface area contributed by atoms with Gasteiger partial charge in [0.25, 0.3) is 0 Å². The van der Waals surface area contributed by atoms with Crippen molar-refractivity contribution in [2.45, 2.75) is 0 Å². The van der Waals surface area contributed by atoms with Gasteiger partial charge in [0, 0.05) is 59.6 Å². The van der Waals surface area contributed by atoms with Crippen LogP contribution in [0.5, 0.6) is 0 Å². The summed E-state index contributed by atoms with van der Waals surface area (Å²) in [4.78, 5) is 12.7. The molecule has 0 saturated carbocycles. The number of hydrogen-bond acceptors (Lipinski definition) is 6. The minimum absolute atomic E-state index is 0.889. The summed E-state index contributed by atoms with van der Waals surface area (Å²) in [6.07, 6.45) is 1.67. The first-order valence-electron chi connectivity index (χ1n) is 19.3. The second kappa shape index (κ2) is 13.0. The second-order valence-corrected chi connectivity index (χ2v) is 15.6. The molecular weight excluding hydrogens is 731 g/mol. The van der Waals surface area contributed by atoms with E-state index in [2.05, 4.69) is 168 Å². The Balaban J connectivity index is 0.931. The molecule has 58 heavy (non-hydrogen) atoms. The van der Waals surface area contributed by atoms with Crippen LogP contribution in [0, 0.1) is 0 Å². The van der Waals surface area contributed by atoms with E-state index in [-0.39, 0.29) is 0 Å². The summed E-state index contributed by atoms with van der Waals surface area (Å²) in [6, 6.07) is 64.1. The summed E-state index contributed by atoms with van der Waals surface area (Å²) in [5.74, 6) is 0. The monoisotopic (exact) mass is 761 g/mol. The van der Waals surface area contributed by atoms with Gasteiger partial charge in [0.1, 0.15) is 33.5 Å². The summed E-state index contributed by atoms with van der Waals surface area (Å²) in [5, 5.41) is 6.80. The summed E-state index contributed by atoms with van der Waals surface area (Å²) < 4.78 is 13.7. The van der Waals surface area contributed by atoms with E-state index in [1.54, 1.807) is 17.7 Å². The van der Waals surface area contributed by atoms with Crippen LogP contribution in [0.4, 0.5) is 17.1 Å². The number of hydrogen-bond donors (Lipinski definition) is 0. The smallest absolute Gasteiger partial charge is 0.136 e. The van der Waals surface area contributed by atoms with E-state index in [1.165, 1.54) is 10.1 Å². The SMILES string of the molecule is c1ccc2c(c1)oc1cc(-c3ccc(N(c4ccc(-c5ccc6c(c5)oc5ccccc56)cc4)c4ccc(-c5ncnc6sc7ccccc7c56)cc4)cc3)ccc12. The molecule has 272 valence electrons. The van der Waals surface area contributed by atoms with E-state index in [0.717, 1.165) is 105 Å². The fraction of sp³-hybridized carbons (Fsp3) is 0. The largest absolute Gasteiger partial charge is 0.456 e. The third-order valence-electron chi connectivity index (χ3n) is 11.2. The molecule has 0 amide bonds. The van der Waals surface area contributed by atoms with Crippen LogP contribution in [0.15, 0.2) is 197 Å². The van der Waals surface area contributed by atoms with E-state index < -0.39 is 0 Å². The molecule has 0 radical (unpaired) electrons. The van der Waals surface area contributed by atoms with Gasteiger partial charge in [-0.05, 0) is 101 Å². The summed E-state index contributed by atoms with van der Waals surface area (Å²) in [7, 11) is 0. The topological polar surface area (TPSA) is 55.3 Å². The molecule has 0 bridgehead atoms. The standard InChI is InChI=1S/C52H31N3O2S/c1-4-10-45-40(7-1)42-27-19-35(29-47(42)56-45)32-13-21-37(22-14-32)55(38-23-15-33(16-24-38)36-20-28-43-41-8-2-5-11-46(41)57-48(43)30-36)39-25-17-34(18-26-39)51-50-44-9-3-6-12-49(44)58-52(50)54-31-53-51/h1-31H. The van der Waals surface area contributed by atoms with Crippen molar-refractivity contribution in [2.24, 2.45) is 0 Å². The minimum atomic E-state index is 0.889. The Labute approximate surface area is 336 Å². The molecule has 0 fully saturated rings. The van der Waals surface area contributed by atoms with Crippen molar-refractivity contribution < 1.29 is 8.83 Å². The first-order valence-corrected chi connectivity index (χ1v) is 20.1. The molecule has 12 rings (SSSR count). The molecule has 0 aliphatic heterocycles. The second-order valence-electron chi connectivity index (χ2n) is 14.6. The third-order valence-corrected chi connectivity index (χ3v) is 12.3. The molecule has 0 spiro atoms. The predicted molar refractivity (Wildman–Crippen MR) is 240 cm³/mol. The van der Waals surface area contributed by atoms with Crippen LogP contribution in [0.2, 0.25) is 0 Å². The van der Waals surface area contributed by atoms with Gasteiger partial charge in [0.05, 0.1) is 5.69 Å². The molecule has 0 unspecified atom stereocenters. The van der Waals surface area contributed by atoms with Gasteiger partial charge in [-0.1, -0.05) is 103 Å². The van der Waals surface area contributed by atoms with Gasteiger partial charge in [-0.25, -0.2) is 9.97 Å². The summed E-state index contributed by atoms with van der Waals surface area (Å²) >= 11 is 1.70. The summed E-state index contributed by atoms with van der Waals surface area (Å²) in [5.41, 5.74) is 13.2. The molecular formula is C52H31N3O2S. The average Bonchev–Trinajstić information content (AvgIpc) is 3.98. The van der Waals surface area contributed by atoms with E-state index in [4.69, 9.17) is 13.8 Å². The van der Waals surface area contributed by atoms with E-state index in [9.17, 15) is 0 Å². The fourth-order valence-electron chi connectivity index (χ4n) is 8.41. The van der Waals surface area contributed by atoms with E-state index in [0.29, 0.717) is 0 Å². The number of anilines is 3. The van der Waals surface area contributed by atoms with Crippen molar-refractivity contribution >= 4 is 92.6 Å². The first kappa shape index (κ1) is 32.7. The predicted octanol–water partition coefficient (Wildman–Crippen LogP) is 15.1. The molecule has 6 heteroatoms. The highest BCUT2D eigenvalue weighted by Gasteiger charge is 2.17. The Kier molecular flexibility index (Phi) is 7.33. The van der Waals surface area contributed by atoms with Crippen molar-refractivity contribution in [1.82, 2.24) is 9.97 Å². The highest BCUT2D eigenvalue weighted by atomic mass is 32.1. The van der Waals surface area contributed by atoms with Crippen LogP contribution in [0.25, 0.3) is 97.7 Å². The molecule has 0 aliphatic rings. The first-order chi connectivity index (χ1) is 28.7. The number of furan rings is 2. The van der Waals surface area contributed by atoms with Gasteiger partial charge in [0.15, 0.2) is 0 Å². The van der Waals surface area contributed by atoms with Crippen molar-refractivity contribution in [3.8, 4) is 33.5 Å². The number of aromatic nitrogens is 2. The fourth-order valence-corrected chi connectivity index (χ4v) is 9.45. The highest BCUT2D eigenvalue weighted by Crippen LogP contribution is 2.41. The van der Waals surface area contributed by atoms with Crippen LogP contribution in [-0.2, 0) is 0 Å². The highest BCUT2D eigenvalue weighted by molar-refractivity contribution is 7.25. The molecule has 0 N–H and O–H groups in total. The van der Waals surface area contributed by atoms with Crippen molar-refractivity contribution in [2.75, 3.05) is 4.90 Å². The molecule has 8 aromatic carbocycles. The van der Waals surface area contributed by atoms with Crippen molar-refractivity contribution in [3.63, 3.8) is 0 Å². The Morgan fingerprint density at radius 2 is 0.828 bits per heavy atom. The van der Waals surface area contributed by atoms with E-state index in [1.807, 2.05) is 24.3 Å². The van der Waals surface area contributed by atoms with Gasteiger partial charge < -0.3 is 13.7 Å². The minimum Gasteiger partial charge on any atom is -0.456 e. The Hall–Kier alpha value is -7.54. The van der Waals surface area contributed by atoms with E-state index >= 15 is 0 Å². The third kappa shape index (κ3) is 5.30. The van der Waals surface area contributed by atoms with Crippen LogP contribution < -0.4 is 4.90 Å². The number of para-hydroxylation sites is 2. The van der Waals surface area contributed by atoms with Gasteiger partial charge in [-0.3, -0.25) is 0 Å². The van der Waals surface area contributed by atoms with Crippen molar-refractivity contribution in [1.29, 1.82) is 0 Å². The zero-order valence-electron chi connectivity index (χ0n) is 31.0. The molecule has 12 aromatic rings. The zero-order chi connectivity index (χ0) is 38.2. The van der Waals surface area contributed by atoms with Gasteiger partial charge in [-0.15, -0.1) is 11.3 Å². The van der Waals surface area contributed by atoms with Crippen LogP contribution in [0.1, 0.15) is 0 Å². The Bertz CT molecular complexity index is 3350. The lowest BCUT2D eigenvalue weighted by molar-refractivity contribution is 0.668. The lowest BCUT2D eigenvalue weighted by atomic mass is 10.0. The maximum Gasteiger partial charge on any atom is 0.136 e. The van der Waals surface area contributed by atoms with Crippen LogP contribution >= 0.6 is 11.3 Å². The van der Waals surface area contributed by atoms with Gasteiger partial charge in [-0.2, -0.15) is 0 Å². The number of thiophene rings is 1. The number of benzene rings is 8. The molecule has 5 nitrogen and oxygen atoms in total. The average molecular weight is 762 g/mol. The maximum absolute atomic E-state index is 6.23. The number of nitrogens with zero attached hydrogens (tertiary/aromatic N) is 3. The Morgan fingerprint density at radius 1 is 0.379 bits per heavy atom. The summed E-state index contributed by atoms with van der Waals surface area (Å²) in [6.45, 7) is 0. The number of fused-ring (bicyclic) bond motifs is 9. The normalized spacial score (nSPS) is 11.8. The Morgan fingerprint density at radius 3 is 1.38 bits per heavy atom. The molecule has 0 aliphatic carbocycles. The van der Waals surface area contributed by atoms with Gasteiger partial charge >= 0.3 is 0 Å². The van der Waals surface area contributed by atoms with Gasteiger partial charge in [0.2, 0.25) is 0 Å². The van der Waals surface area contributed by atoms with Crippen LogP contribution in [-0.4, -0.2) is 9.97 Å². The lowest BCUT2D eigenvalue weighted by Crippen LogP contribution is -2.09. The van der Waals surface area contributed by atoms with Crippen molar-refractivity contribution in [3.05, 3.63) is 188 Å². The zero-order valence-corrected chi connectivity index (χ0v) is 31.8.